The molecule has 0 saturated heterocycles. The van der Waals surface area contributed by atoms with Crippen LogP contribution in [0.5, 0.6) is 0 Å². The molecule has 0 spiro atoms. The summed E-state index contributed by atoms with van der Waals surface area (Å²) >= 11 is 5.36. The Morgan fingerprint density at radius 1 is 1.67 bits per heavy atom. The Kier molecular flexibility index (Phi) is 5.55. The molecular formula is C5H10Cl. The third kappa shape index (κ3) is 4.29. The summed E-state index contributed by atoms with van der Waals surface area (Å²) in [5.74, 6) is 0.796. The number of unbranched alkanes of at least 4 members (excludes halogenated alkanes) is 2. The molecule has 1 radical (unpaired) electrons. The quantitative estimate of drug-likeness (QED) is 0.382. The van der Waals surface area contributed by atoms with Crippen molar-refractivity contribution in [3.05, 3.63) is 6.42 Å². The summed E-state index contributed by atoms with van der Waals surface area (Å²) in [4.78, 5) is 0. The van der Waals surface area contributed by atoms with E-state index in [1.165, 1.54) is 0 Å². The van der Waals surface area contributed by atoms with Crippen LogP contribution in [0.25, 0.3) is 0 Å². The fourth-order valence-corrected chi connectivity index (χ4v) is 0.436. The average Bonchev–Trinajstić information content (AvgIpc) is 1.61. The number of rotatable bonds is 3. The second kappa shape index (κ2) is 5.29. The van der Waals surface area contributed by atoms with E-state index >= 15 is 0 Å². The van der Waals surface area contributed by atoms with Gasteiger partial charge in [-0.2, -0.15) is 0 Å². The molecule has 0 N–H and O–H groups in total. The third-order valence-corrected chi connectivity index (χ3v) is 0.894. The fourth-order valence-electron chi connectivity index (χ4n) is 0.281. The number of alkyl halides is 1. The Morgan fingerprint density at radius 2 is 2.33 bits per heavy atom. The van der Waals surface area contributed by atoms with Gasteiger partial charge in [-0.25, -0.2) is 0 Å². The zero-order valence-electron chi connectivity index (χ0n) is 4.08. The maximum Gasteiger partial charge on any atom is 0.0223 e. The lowest BCUT2D eigenvalue weighted by molar-refractivity contribution is 0.907. The third-order valence-electron chi connectivity index (χ3n) is 0.626. The first kappa shape index (κ1) is 6.29. The van der Waals surface area contributed by atoms with Crippen molar-refractivity contribution in [1.82, 2.24) is 0 Å². The van der Waals surface area contributed by atoms with Crippen LogP contribution in [-0.4, -0.2) is 5.88 Å². The molecule has 0 aliphatic carbocycles. The fraction of sp³-hybridized carbons (Fsp3) is 0.800. The van der Waals surface area contributed by atoms with E-state index in [4.69, 9.17) is 11.6 Å². The molecule has 1 heteroatoms. The first-order valence-corrected chi connectivity index (χ1v) is 2.79. The summed E-state index contributed by atoms with van der Waals surface area (Å²) in [6.07, 6.45) is 4.41. The molecular weight excluding hydrogens is 95.5 g/mol. The lowest BCUT2D eigenvalue weighted by Gasteiger charge is -1.84. The molecule has 0 nitrogen and oxygen atoms in total. The summed E-state index contributed by atoms with van der Waals surface area (Å²) in [6.45, 7) is 2.05. The predicted molar refractivity (Wildman–Crippen MR) is 29.9 cm³/mol. The molecule has 0 atom stereocenters. The maximum absolute atomic E-state index is 5.36. The van der Waals surface area contributed by atoms with Crippen molar-refractivity contribution in [2.45, 2.75) is 19.8 Å². The van der Waals surface area contributed by atoms with Gasteiger partial charge in [-0.05, 0) is 19.3 Å². The van der Waals surface area contributed by atoms with Gasteiger partial charge in [-0.3, -0.25) is 0 Å². The van der Waals surface area contributed by atoms with Gasteiger partial charge >= 0.3 is 0 Å². The second-order valence-corrected chi connectivity index (χ2v) is 1.62. The van der Waals surface area contributed by atoms with Gasteiger partial charge in [0, 0.05) is 5.88 Å². The van der Waals surface area contributed by atoms with E-state index in [2.05, 4.69) is 6.42 Å². The van der Waals surface area contributed by atoms with Gasteiger partial charge in [0.2, 0.25) is 0 Å². The van der Waals surface area contributed by atoms with Gasteiger partial charge in [-0.1, -0.05) is 6.92 Å². The Hall–Kier alpha value is 0.290. The second-order valence-electron chi connectivity index (χ2n) is 1.24. The summed E-state index contributed by atoms with van der Waals surface area (Å²) in [7, 11) is 0. The standard InChI is InChI=1S/C5H10Cl/c1-2-3-4-5-6/h2H,3-5H2,1H3. The molecule has 0 fully saturated rings. The van der Waals surface area contributed by atoms with Crippen LogP contribution in [-0.2, 0) is 0 Å². The first-order chi connectivity index (χ1) is 2.91. The van der Waals surface area contributed by atoms with Crippen LogP contribution >= 0.6 is 11.6 Å². The number of halogens is 1. The molecule has 0 unspecified atom stereocenters. The molecule has 37 valence electrons. The number of hydrogen-bond acceptors (Lipinski definition) is 0. The lowest BCUT2D eigenvalue weighted by atomic mass is 10.3. The van der Waals surface area contributed by atoms with Gasteiger partial charge < -0.3 is 0 Å². The molecule has 0 aliphatic heterocycles. The van der Waals surface area contributed by atoms with Crippen molar-refractivity contribution >= 4 is 11.6 Å². The largest absolute Gasteiger partial charge is 0.127 e. The summed E-state index contributed by atoms with van der Waals surface area (Å²) in [6, 6.07) is 0. The first-order valence-electron chi connectivity index (χ1n) is 2.25. The summed E-state index contributed by atoms with van der Waals surface area (Å²) in [5.41, 5.74) is 0. The van der Waals surface area contributed by atoms with Crippen LogP contribution in [0.3, 0.4) is 0 Å². The number of hydrogen-bond donors (Lipinski definition) is 0. The van der Waals surface area contributed by atoms with E-state index in [9.17, 15) is 0 Å². The highest BCUT2D eigenvalue weighted by Crippen LogP contribution is 1.92. The minimum Gasteiger partial charge on any atom is -0.127 e. The molecule has 0 aromatic carbocycles. The Bertz CT molecular complexity index is 15.9. The van der Waals surface area contributed by atoms with E-state index in [1.54, 1.807) is 0 Å². The smallest absolute Gasteiger partial charge is 0.0223 e. The SMILES string of the molecule is C[CH]CCCCl. The minimum absolute atomic E-state index is 0.796. The highest BCUT2D eigenvalue weighted by atomic mass is 35.5. The maximum atomic E-state index is 5.36. The average molecular weight is 106 g/mol. The molecule has 0 amide bonds. The van der Waals surface area contributed by atoms with E-state index in [0.717, 1.165) is 18.7 Å². The zero-order chi connectivity index (χ0) is 4.83. The highest BCUT2D eigenvalue weighted by Gasteiger charge is 1.77. The highest BCUT2D eigenvalue weighted by molar-refractivity contribution is 6.17. The normalized spacial score (nSPS) is 9.00. The van der Waals surface area contributed by atoms with Crippen LogP contribution in [0.1, 0.15) is 19.8 Å². The summed E-state index contributed by atoms with van der Waals surface area (Å²) < 4.78 is 0. The van der Waals surface area contributed by atoms with E-state index in [0.29, 0.717) is 0 Å². The molecule has 0 aromatic heterocycles. The van der Waals surface area contributed by atoms with Crippen LogP contribution in [0.4, 0.5) is 0 Å². The molecule has 0 aliphatic rings. The van der Waals surface area contributed by atoms with Gasteiger partial charge in [0.1, 0.15) is 0 Å². The minimum atomic E-state index is 0.796. The topological polar surface area (TPSA) is 0 Å². The van der Waals surface area contributed by atoms with Gasteiger partial charge in [0.25, 0.3) is 0 Å². The van der Waals surface area contributed by atoms with Crippen LogP contribution in [0, 0.1) is 6.42 Å². The van der Waals surface area contributed by atoms with Crippen molar-refractivity contribution in [3.63, 3.8) is 0 Å². The zero-order valence-corrected chi connectivity index (χ0v) is 4.83. The van der Waals surface area contributed by atoms with E-state index in [-0.39, 0.29) is 0 Å². The predicted octanol–water partition coefficient (Wildman–Crippen LogP) is 2.23. The van der Waals surface area contributed by atoms with Crippen LogP contribution < -0.4 is 0 Å². The van der Waals surface area contributed by atoms with Crippen molar-refractivity contribution in [3.8, 4) is 0 Å². The molecule has 6 heavy (non-hydrogen) atoms. The van der Waals surface area contributed by atoms with E-state index < -0.39 is 0 Å². The van der Waals surface area contributed by atoms with Gasteiger partial charge in [0.15, 0.2) is 0 Å². The Labute approximate surface area is 44.5 Å². The monoisotopic (exact) mass is 105 g/mol. The van der Waals surface area contributed by atoms with Crippen molar-refractivity contribution in [2.24, 2.45) is 0 Å². The Morgan fingerprint density at radius 3 is 2.50 bits per heavy atom. The molecule has 0 rings (SSSR count). The molecule has 0 heterocycles. The van der Waals surface area contributed by atoms with E-state index in [1.807, 2.05) is 6.92 Å². The van der Waals surface area contributed by atoms with Gasteiger partial charge in [0.05, 0.1) is 0 Å². The van der Waals surface area contributed by atoms with Gasteiger partial charge in [-0.15, -0.1) is 11.6 Å². The summed E-state index contributed by atoms with van der Waals surface area (Å²) in [5, 5.41) is 0. The lowest BCUT2D eigenvalue weighted by Crippen LogP contribution is -1.71. The molecule has 0 aromatic rings. The molecule has 0 saturated carbocycles. The van der Waals surface area contributed by atoms with Crippen molar-refractivity contribution in [2.75, 3.05) is 5.88 Å². The molecule has 0 bridgehead atoms. The van der Waals surface area contributed by atoms with Crippen LogP contribution in [0.2, 0.25) is 0 Å². The van der Waals surface area contributed by atoms with Crippen LogP contribution in [0.15, 0.2) is 0 Å². The Balaban J connectivity index is 2.34. The van der Waals surface area contributed by atoms with Crippen molar-refractivity contribution < 1.29 is 0 Å². The van der Waals surface area contributed by atoms with Crippen molar-refractivity contribution in [1.29, 1.82) is 0 Å².